The average Bonchev–Trinajstić information content (AvgIpc) is 1.79. The van der Waals surface area contributed by atoms with Crippen molar-refractivity contribution in [3.63, 3.8) is 0 Å². The van der Waals surface area contributed by atoms with E-state index in [2.05, 4.69) is 5.73 Å². The van der Waals surface area contributed by atoms with Crippen LogP contribution in [0.15, 0.2) is 0 Å². The smallest absolute Gasteiger partial charge is 0.395 e. The minimum Gasteiger partial charge on any atom is -0.395 e. The van der Waals surface area contributed by atoms with Crippen LogP contribution in [0.4, 0.5) is 18.0 Å². The van der Waals surface area contributed by atoms with Gasteiger partial charge >= 0.3 is 12.3 Å². The monoisotopic (exact) mass is 172 g/mol. The second-order valence-electron chi connectivity index (χ2n) is 1.68. The molecule has 0 aromatic heterocycles. The number of nitrogens with two attached hydrogens (primary N) is 1. The van der Waals surface area contributed by atoms with Gasteiger partial charge in [-0.05, 0) is 0 Å². The fourth-order valence-electron chi connectivity index (χ4n) is 0.462. The lowest BCUT2D eigenvalue weighted by molar-refractivity contribution is -0.224. The predicted octanol–water partition coefficient (Wildman–Crippen LogP) is -0.121. The number of amides is 2. The molecule has 0 atom stereocenters. The zero-order valence-electron chi connectivity index (χ0n) is 5.43. The lowest BCUT2D eigenvalue weighted by atomic mass is 10.6. The fourth-order valence-corrected chi connectivity index (χ4v) is 0.462. The second kappa shape index (κ2) is 3.42. The van der Waals surface area contributed by atoms with Crippen LogP contribution < -0.4 is 5.73 Å². The summed E-state index contributed by atoms with van der Waals surface area (Å²) in [6, 6.07) is -1.62. The van der Waals surface area contributed by atoms with Crippen molar-refractivity contribution in [2.24, 2.45) is 5.73 Å². The van der Waals surface area contributed by atoms with Gasteiger partial charge < -0.3 is 10.8 Å². The number of aliphatic hydroxyl groups excluding tert-OH is 1. The normalized spacial score (nSPS) is 11.3. The van der Waals surface area contributed by atoms with Crippen molar-refractivity contribution in [1.29, 1.82) is 0 Å². The Morgan fingerprint density at radius 1 is 1.55 bits per heavy atom. The molecule has 0 fully saturated rings. The minimum atomic E-state index is -4.81. The van der Waals surface area contributed by atoms with Gasteiger partial charge in [0.2, 0.25) is 0 Å². The number of halogens is 3. The van der Waals surface area contributed by atoms with Crippen molar-refractivity contribution >= 4 is 6.03 Å². The molecule has 0 aromatic carbocycles. The van der Waals surface area contributed by atoms with Gasteiger partial charge in [0.25, 0.3) is 0 Å². The van der Waals surface area contributed by atoms with Crippen LogP contribution in [-0.2, 0) is 0 Å². The average molecular weight is 172 g/mol. The third kappa shape index (κ3) is 3.08. The summed E-state index contributed by atoms with van der Waals surface area (Å²) in [5, 5.41) is 8.10. The van der Waals surface area contributed by atoms with Gasteiger partial charge in [-0.3, -0.25) is 0 Å². The summed E-state index contributed by atoms with van der Waals surface area (Å²) < 4.78 is 35.0. The zero-order chi connectivity index (χ0) is 9.07. The van der Waals surface area contributed by atoms with E-state index in [4.69, 9.17) is 5.11 Å². The van der Waals surface area contributed by atoms with E-state index < -0.39 is 30.4 Å². The number of urea groups is 1. The van der Waals surface area contributed by atoms with E-state index in [1.165, 1.54) is 0 Å². The maximum Gasteiger partial charge on any atom is 0.488 e. The van der Waals surface area contributed by atoms with Crippen LogP contribution >= 0.6 is 0 Å². The summed E-state index contributed by atoms with van der Waals surface area (Å²) in [7, 11) is 0. The minimum absolute atomic E-state index is 0.576. The maximum atomic E-state index is 11.7. The van der Waals surface area contributed by atoms with Crippen molar-refractivity contribution in [3.8, 4) is 0 Å². The number of primary amides is 1. The number of hydrogen-bond acceptors (Lipinski definition) is 2. The zero-order valence-corrected chi connectivity index (χ0v) is 5.43. The van der Waals surface area contributed by atoms with Crippen LogP contribution in [0.1, 0.15) is 0 Å². The Morgan fingerprint density at radius 3 is 2.09 bits per heavy atom. The Morgan fingerprint density at radius 2 is 2.00 bits per heavy atom. The lowest BCUT2D eigenvalue weighted by Crippen LogP contribution is -2.47. The molecule has 66 valence electrons. The van der Waals surface area contributed by atoms with Gasteiger partial charge in [-0.15, -0.1) is 13.2 Å². The molecule has 0 aliphatic carbocycles. The van der Waals surface area contributed by atoms with E-state index in [0.717, 1.165) is 0 Å². The first-order valence-electron chi connectivity index (χ1n) is 2.64. The van der Waals surface area contributed by atoms with Gasteiger partial charge in [-0.1, -0.05) is 0 Å². The van der Waals surface area contributed by atoms with Crippen LogP contribution in [0.25, 0.3) is 0 Å². The molecule has 11 heavy (non-hydrogen) atoms. The van der Waals surface area contributed by atoms with Crippen LogP contribution in [0.5, 0.6) is 0 Å². The van der Waals surface area contributed by atoms with E-state index in [1.54, 1.807) is 0 Å². The van der Waals surface area contributed by atoms with Crippen LogP contribution in [0.2, 0.25) is 0 Å². The molecule has 0 saturated carbocycles. The SMILES string of the molecule is NC(=O)N(CCO)C(F)(F)F. The van der Waals surface area contributed by atoms with Crippen LogP contribution in [0, 0.1) is 0 Å². The number of nitrogens with zero attached hydrogens (tertiary/aromatic N) is 1. The molecule has 2 amide bonds. The number of carbonyl (C=O) groups is 1. The third-order valence-corrected chi connectivity index (χ3v) is 0.896. The van der Waals surface area contributed by atoms with E-state index in [-0.39, 0.29) is 0 Å². The highest BCUT2D eigenvalue weighted by atomic mass is 19.4. The molecule has 3 N–H and O–H groups in total. The van der Waals surface area contributed by atoms with Gasteiger partial charge in [-0.2, -0.15) is 0 Å². The summed E-state index contributed by atoms with van der Waals surface area (Å²) in [5.74, 6) is 0. The summed E-state index contributed by atoms with van der Waals surface area (Å²) >= 11 is 0. The third-order valence-electron chi connectivity index (χ3n) is 0.896. The lowest BCUT2D eigenvalue weighted by Gasteiger charge is -2.21. The van der Waals surface area contributed by atoms with E-state index >= 15 is 0 Å². The van der Waals surface area contributed by atoms with Crippen LogP contribution in [-0.4, -0.2) is 35.5 Å². The first-order valence-corrected chi connectivity index (χ1v) is 2.64. The Hall–Kier alpha value is -0.980. The predicted molar refractivity (Wildman–Crippen MR) is 29.4 cm³/mol. The van der Waals surface area contributed by atoms with Gasteiger partial charge in [0, 0.05) is 0 Å². The topological polar surface area (TPSA) is 66.6 Å². The van der Waals surface area contributed by atoms with Crippen molar-refractivity contribution in [2.45, 2.75) is 6.30 Å². The Kier molecular flexibility index (Phi) is 3.12. The molecule has 0 aliphatic rings. The fraction of sp³-hybridized carbons (Fsp3) is 0.750. The largest absolute Gasteiger partial charge is 0.488 e. The van der Waals surface area contributed by atoms with Gasteiger partial charge in [0.1, 0.15) is 0 Å². The summed E-state index contributed by atoms with van der Waals surface area (Å²) in [6.07, 6.45) is -4.81. The summed E-state index contributed by atoms with van der Waals surface area (Å²) in [5.41, 5.74) is 4.36. The molecule has 0 rings (SSSR count). The molecule has 0 spiro atoms. The molecule has 0 heterocycles. The van der Waals surface area contributed by atoms with Crippen molar-refractivity contribution in [3.05, 3.63) is 0 Å². The number of carbonyl (C=O) groups excluding carboxylic acids is 1. The molecule has 7 heteroatoms. The number of rotatable bonds is 2. The molecule has 0 aliphatic heterocycles. The standard InChI is InChI=1S/C4H7F3N2O2/c5-4(6,7)9(1-2-10)3(8)11/h10H,1-2H2,(H2,8,11). The van der Waals surface area contributed by atoms with Crippen LogP contribution in [0.3, 0.4) is 0 Å². The molecular formula is C4H7F3N2O2. The number of alkyl halides is 3. The highest BCUT2D eigenvalue weighted by Crippen LogP contribution is 2.19. The number of aliphatic hydroxyl groups is 1. The van der Waals surface area contributed by atoms with Crippen molar-refractivity contribution in [2.75, 3.05) is 13.2 Å². The molecule has 0 unspecified atom stereocenters. The Labute approximate surface area is 60.4 Å². The quantitative estimate of drug-likeness (QED) is 0.570. The molecule has 4 nitrogen and oxygen atoms in total. The molecule has 0 saturated heterocycles. The Balaban J connectivity index is 4.22. The Bertz CT molecular complexity index is 147. The highest BCUT2D eigenvalue weighted by molar-refractivity contribution is 5.72. The molecule has 0 radical (unpaired) electrons. The van der Waals surface area contributed by atoms with E-state index in [1.807, 2.05) is 0 Å². The highest BCUT2D eigenvalue weighted by Gasteiger charge is 2.39. The van der Waals surface area contributed by atoms with Gasteiger partial charge in [-0.25, -0.2) is 9.69 Å². The van der Waals surface area contributed by atoms with E-state index in [9.17, 15) is 18.0 Å². The second-order valence-corrected chi connectivity index (χ2v) is 1.68. The van der Waals surface area contributed by atoms with Crippen molar-refractivity contribution < 1.29 is 23.1 Å². The first-order chi connectivity index (χ1) is 4.89. The first kappa shape index (κ1) is 10.0. The van der Waals surface area contributed by atoms with Gasteiger partial charge in [0.15, 0.2) is 0 Å². The maximum absolute atomic E-state index is 11.7. The molecular weight excluding hydrogens is 165 g/mol. The number of hydrogen-bond donors (Lipinski definition) is 2. The molecule has 0 aromatic rings. The van der Waals surface area contributed by atoms with Crippen molar-refractivity contribution in [1.82, 2.24) is 4.90 Å². The summed E-state index contributed by atoms with van der Waals surface area (Å²) in [6.45, 7) is -1.61. The van der Waals surface area contributed by atoms with E-state index in [0.29, 0.717) is 0 Å². The molecule has 0 bridgehead atoms. The van der Waals surface area contributed by atoms with Gasteiger partial charge in [0.05, 0.1) is 13.2 Å². The summed E-state index contributed by atoms with van der Waals surface area (Å²) in [4.78, 5) is 9.48.